The number of carboxylic acids is 1. The number of nitriles is 1. The Morgan fingerprint density at radius 1 is 1.35 bits per heavy atom. The number of benzene rings is 1. The molecular weight excluding hydrogens is 258 g/mol. The SMILES string of the molecule is CC(C)C(CNC(=O)Nc1ccccc1C#N)C(=O)O. The Morgan fingerprint density at radius 2 is 2.00 bits per heavy atom. The standard InChI is InChI=1S/C14H17N3O3/c1-9(2)11(13(18)19)8-16-14(20)17-12-6-4-3-5-10(12)7-15/h3-6,9,11H,8H2,1-2H3,(H,18,19)(H2,16,17,20). The number of carboxylic acid groups (broad SMARTS) is 1. The molecule has 0 fully saturated rings. The molecule has 0 aliphatic heterocycles. The number of nitrogens with one attached hydrogen (secondary N) is 2. The normalized spacial score (nSPS) is 11.5. The molecule has 2 amide bonds. The molecule has 1 rings (SSSR count). The van der Waals surface area contributed by atoms with E-state index in [0.29, 0.717) is 11.3 Å². The van der Waals surface area contributed by atoms with Gasteiger partial charge < -0.3 is 15.7 Å². The van der Waals surface area contributed by atoms with Crippen LogP contribution in [0.3, 0.4) is 0 Å². The molecule has 6 heteroatoms. The lowest BCUT2D eigenvalue weighted by atomic mass is 9.96. The van der Waals surface area contributed by atoms with Crippen LogP contribution in [-0.2, 0) is 4.79 Å². The predicted molar refractivity (Wildman–Crippen MR) is 74.1 cm³/mol. The van der Waals surface area contributed by atoms with Crippen molar-refractivity contribution in [1.29, 1.82) is 5.26 Å². The summed E-state index contributed by atoms with van der Waals surface area (Å²) in [6, 6.07) is 8.03. The van der Waals surface area contributed by atoms with Crippen molar-refractivity contribution in [2.75, 3.05) is 11.9 Å². The fourth-order valence-electron chi connectivity index (χ4n) is 1.67. The zero-order valence-electron chi connectivity index (χ0n) is 11.4. The first kappa shape index (κ1) is 15.5. The van der Waals surface area contributed by atoms with E-state index >= 15 is 0 Å². The molecule has 0 radical (unpaired) electrons. The minimum Gasteiger partial charge on any atom is -0.481 e. The van der Waals surface area contributed by atoms with Gasteiger partial charge in [-0.1, -0.05) is 26.0 Å². The summed E-state index contributed by atoms with van der Waals surface area (Å²) in [5.41, 5.74) is 0.741. The fraction of sp³-hybridized carbons (Fsp3) is 0.357. The fourth-order valence-corrected chi connectivity index (χ4v) is 1.67. The summed E-state index contributed by atoms with van der Waals surface area (Å²) >= 11 is 0. The van der Waals surface area contributed by atoms with Gasteiger partial charge >= 0.3 is 12.0 Å². The molecule has 1 aromatic carbocycles. The van der Waals surface area contributed by atoms with E-state index in [1.54, 1.807) is 38.1 Å². The van der Waals surface area contributed by atoms with Crippen LogP contribution in [0.25, 0.3) is 0 Å². The van der Waals surface area contributed by atoms with Crippen LogP contribution in [0.5, 0.6) is 0 Å². The lowest BCUT2D eigenvalue weighted by Crippen LogP contribution is -2.37. The van der Waals surface area contributed by atoms with Gasteiger partial charge in [0.1, 0.15) is 6.07 Å². The predicted octanol–water partition coefficient (Wildman–Crippen LogP) is 2.04. The Labute approximate surface area is 117 Å². The van der Waals surface area contributed by atoms with Gasteiger partial charge in [-0.3, -0.25) is 4.79 Å². The lowest BCUT2D eigenvalue weighted by molar-refractivity contribution is -0.142. The van der Waals surface area contributed by atoms with Gasteiger partial charge in [0, 0.05) is 6.54 Å². The lowest BCUT2D eigenvalue weighted by Gasteiger charge is -2.17. The zero-order chi connectivity index (χ0) is 15.1. The van der Waals surface area contributed by atoms with E-state index in [-0.39, 0.29) is 12.5 Å². The number of urea groups is 1. The Morgan fingerprint density at radius 3 is 2.55 bits per heavy atom. The molecule has 0 spiro atoms. The smallest absolute Gasteiger partial charge is 0.319 e. The molecule has 0 saturated carbocycles. The van der Waals surface area contributed by atoms with Gasteiger partial charge in [0.25, 0.3) is 0 Å². The van der Waals surface area contributed by atoms with Gasteiger partial charge in [0.15, 0.2) is 0 Å². The summed E-state index contributed by atoms with van der Waals surface area (Å²) in [4.78, 5) is 22.7. The number of carbonyl (C=O) groups is 2. The highest BCUT2D eigenvalue weighted by Gasteiger charge is 2.22. The molecule has 106 valence electrons. The van der Waals surface area contributed by atoms with Gasteiger partial charge in [0.05, 0.1) is 17.2 Å². The second kappa shape index (κ2) is 7.14. The number of hydrogen-bond donors (Lipinski definition) is 3. The molecule has 3 N–H and O–H groups in total. The molecule has 0 aliphatic rings. The van der Waals surface area contributed by atoms with Crippen molar-refractivity contribution in [3.8, 4) is 6.07 Å². The van der Waals surface area contributed by atoms with Crippen LogP contribution in [0, 0.1) is 23.2 Å². The van der Waals surface area contributed by atoms with Gasteiger partial charge in [-0.05, 0) is 18.1 Å². The van der Waals surface area contributed by atoms with Crippen LogP contribution in [0.2, 0.25) is 0 Å². The molecule has 0 aromatic heterocycles. The minimum atomic E-state index is -0.947. The Balaban J connectivity index is 2.60. The maximum Gasteiger partial charge on any atom is 0.319 e. The van der Waals surface area contributed by atoms with Crippen LogP contribution < -0.4 is 10.6 Å². The average Bonchev–Trinajstić information content (AvgIpc) is 2.38. The van der Waals surface area contributed by atoms with E-state index in [2.05, 4.69) is 10.6 Å². The van der Waals surface area contributed by atoms with Gasteiger partial charge in [-0.15, -0.1) is 0 Å². The average molecular weight is 275 g/mol. The first-order valence-corrected chi connectivity index (χ1v) is 6.22. The second-order valence-corrected chi connectivity index (χ2v) is 4.68. The summed E-state index contributed by atoms with van der Waals surface area (Å²) in [5, 5.41) is 22.9. The van der Waals surface area contributed by atoms with Gasteiger partial charge in [-0.25, -0.2) is 4.79 Å². The molecule has 1 aromatic rings. The molecule has 6 nitrogen and oxygen atoms in total. The van der Waals surface area contributed by atoms with E-state index in [1.807, 2.05) is 6.07 Å². The summed E-state index contributed by atoms with van der Waals surface area (Å²) in [7, 11) is 0. The number of carbonyl (C=O) groups excluding carboxylic acids is 1. The largest absolute Gasteiger partial charge is 0.481 e. The van der Waals surface area contributed by atoms with Crippen molar-refractivity contribution < 1.29 is 14.7 Å². The molecule has 1 atom stereocenters. The number of anilines is 1. The minimum absolute atomic E-state index is 0.0353. The van der Waals surface area contributed by atoms with Crippen molar-refractivity contribution >= 4 is 17.7 Å². The third-order valence-corrected chi connectivity index (χ3v) is 2.90. The number of nitrogens with zero attached hydrogens (tertiary/aromatic N) is 1. The van der Waals surface area contributed by atoms with Crippen molar-refractivity contribution in [1.82, 2.24) is 5.32 Å². The third-order valence-electron chi connectivity index (χ3n) is 2.90. The summed E-state index contributed by atoms with van der Waals surface area (Å²) in [5.74, 6) is -1.68. The number of para-hydroxylation sites is 1. The van der Waals surface area contributed by atoms with Crippen molar-refractivity contribution in [2.24, 2.45) is 11.8 Å². The van der Waals surface area contributed by atoms with E-state index < -0.39 is 17.9 Å². The highest BCUT2D eigenvalue weighted by molar-refractivity contribution is 5.91. The maximum absolute atomic E-state index is 11.7. The topological polar surface area (TPSA) is 102 Å². The first-order valence-electron chi connectivity index (χ1n) is 6.22. The van der Waals surface area contributed by atoms with E-state index in [4.69, 9.17) is 10.4 Å². The van der Waals surface area contributed by atoms with Crippen LogP contribution in [0.4, 0.5) is 10.5 Å². The van der Waals surface area contributed by atoms with Crippen LogP contribution in [0.1, 0.15) is 19.4 Å². The second-order valence-electron chi connectivity index (χ2n) is 4.68. The van der Waals surface area contributed by atoms with Gasteiger partial charge in [0.2, 0.25) is 0 Å². The molecule has 0 aliphatic carbocycles. The maximum atomic E-state index is 11.7. The van der Waals surface area contributed by atoms with E-state index in [0.717, 1.165) is 0 Å². The summed E-state index contributed by atoms with van der Waals surface area (Å²) < 4.78 is 0. The quantitative estimate of drug-likeness (QED) is 0.765. The molecular formula is C14H17N3O3. The highest BCUT2D eigenvalue weighted by atomic mass is 16.4. The third kappa shape index (κ3) is 4.28. The first-order chi connectivity index (χ1) is 9.45. The van der Waals surface area contributed by atoms with E-state index in [1.165, 1.54) is 0 Å². The summed E-state index contributed by atoms with van der Waals surface area (Å²) in [6.07, 6.45) is 0. The van der Waals surface area contributed by atoms with E-state index in [9.17, 15) is 9.59 Å². The van der Waals surface area contributed by atoms with Crippen LogP contribution in [0.15, 0.2) is 24.3 Å². The van der Waals surface area contributed by atoms with Crippen molar-refractivity contribution in [3.63, 3.8) is 0 Å². The van der Waals surface area contributed by atoms with Crippen molar-refractivity contribution in [2.45, 2.75) is 13.8 Å². The van der Waals surface area contributed by atoms with Crippen LogP contribution in [-0.4, -0.2) is 23.7 Å². The zero-order valence-corrected chi connectivity index (χ0v) is 11.4. The molecule has 20 heavy (non-hydrogen) atoms. The summed E-state index contributed by atoms with van der Waals surface area (Å²) in [6.45, 7) is 3.60. The number of amides is 2. The van der Waals surface area contributed by atoms with Crippen LogP contribution >= 0.6 is 0 Å². The molecule has 1 unspecified atom stereocenters. The molecule has 0 saturated heterocycles. The number of aliphatic carboxylic acids is 1. The highest BCUT2D eigenvalue weighted by Crippen LogP contribution is 2.13. The Bertz CT molecular complexity index is 535. The Hall–Kier alpha value is -2.55. The number of hydrogen-bond acceptors (Lipinski definition) is 3. The molecule has 0 heterocycles. The monoisotopic (exact) mass is 275 g/mol. The molecule has 0 bridgehead atoms. The Kier molecular flexibility index (Phi) is 5.54. The van der Waals surface area contributed by atoms with Crippen molar-refractivity contribution in [3.05, 3.63) is 29.8 Å². The number of rotatable bonds is 5. The van der Waals surface area contributed by atoms with Gasteiger partial charge in [-0.2, -0.15) is 5.26 Å².